The number of ether oxygens (including phenoxy) is 2. The van der Waals surface area contributed by atoms with Crippen LogP contribution in [0.15, 0.2) is 109 Å². The van der Waals surface area contributed by atoms with Crippen LogP contribution in [-0.2, 0) is 27.2 Å². The lowest BCUT2D eigenvalue weighted by Crippen LogP contribution is -2.18. The van der Waals surface area contributed by atoms with E-state index in [9.17, 15) is 0 Å². The smallest absolute Gasteiger partial charge is 0.118 e. The van der Waals surface area contributed by atoms with Crippen LogP contribution in [0.25, 0.3) is 66.1 Å². The number of aromatic nitrogens is 4. The highest BCUT2D eigenvalue weighted by atomic mass is 35.5. The fourth-order valence-corrected chi connectivity index (χ4v) is 7.69. The molecule has 4 aromatic carbocycles. The highest BCUT2D eigenvalue weighted by Crippen LogP contribution is 2.37. The van der Waals surface area contributed by atoms with E-state index in [0.29, 0.717) is 0 Å². The normalized spacial score (nSPS) is 11.5. The highest BCUT2D eigenvalue weighted by Gasteiger charge is 2.18. The Labute approximate surface area is 322 Å². The summed E-state index contributed by atoms with van der Waals surface area (Å²) < 4.78 is 15.4. The zero-order valence-electron chi connectivity index (χ0n) is 31.4. The molecule has 4 aromatic heterocycles. The maximum atomic E-state index is 5.42. The van der Waals surface area contributed by atoms with Crippen LogP contribution in [-0.4, -0.2) is 46.4 Å². The lowest BCUT2D eigenvalue weighted by atomic mass is 10.1. The van der Waals surface area contributed by atoms with Crippen LogP contribution in [0.3, 0.4) is 0 Å². The Hall–Kier alpha value is -5.41. The standard InChI is InChI=1S/C45H46N6O2.ClH/c1-50-40-14-8-6-12-36(40)38-26-32(48-42(44(38)50)30-16-20-34(52-3)21-17-30)28-46-24-10-5-11-25-47-29-33-27-39-37-13-7-9-15-41(37)51(2)45(39)43(49-33)31-18-22-35(53-4)23-19-31;/h6-9,12-23,26-27,46-47H,5,10-11,24-25,28-29H2,1-4H3;1H. The van der Waals surface area contributed by atoms with Gasteiger partial charge in [0.2, 0.25) is 0 Å². The third-order valence-electron chi connectivity index (χ3n) is 10.4. The number of halogens is 1. The van der Waals surface area contributed by atoms with Crippen LogP contribution in [0.4, 0.5) is 0 Å². The molecule has 0 saturated heterocycles. The number of nitrogens with zero attached hydrogens (tertiary/aromatic N) is 4. The van der Waals surface area contributed by atoms with Gasteiger partial charge >= 0.3 is 0 Å². The molecule has 2 N–H and O–H groups in total. The molecule has 0 aliphatic heterocycles. The third kappa shape index (κ3) is 7.12. The Bertz CT molecular complexity index is 2360. The van der Waals surface area contributed by atoms with Crippen LogP contribution in [0.1, 0.15) is 30.7 Å². The number of aryl methyl sites for hydroxylation is 2. The Morgan fingerprint density at radius 3 is 1.33 bits per heavy atom. The number of nitrogens with one attached hydrogen (secondary N) is 2. The summed E-state index contributed by atoms with van der Waals surface area (Å²) in [4.78, 5) is 10.4. The van der Waals surface area contributed by atoms with Gasteiger partial charge in [-0.3, -0.25) is 0 Å². The lowest BCUT2D eigenvalue weighted by molar-refractivity contribution is 0.415. The molecule has 0 unspecified atom stereocenters. The van der Waals surface area contributed by atoms with Crippen molar-refractivity contribution in [1.29, 1.82) is 0 Å². The van der Waals surface area contributed by atoms with Crippen molar-refractivity contribution in [2.45, 2.75) is 32.4 Å². The van der Waals surface area contributed by atoms with Gasteiger partial charge in [-0.25, -0.2) is 9.97 Å². The van der Waals surface area contributed by atoms with Gasteiger partial charge in [-0.2, -0.15) is 0 Å². The van der Waals surface area contributed by atoms with E-state index in [1.807, 2.05) is 24.3 Å². The highest BCUT2D eigenvalue weighted by molar-refractivity contribution is 6.13. The molecular formula is C45H47ClN6O2. The van der Waals surface area contributed by atoms with Crippen molar-refractivity contribution in [3.8, 4) is 34.0 Å². The molecule has 9 heteroatoms. The Kier molecular flexibility index (Phi) is 11.2. The predicted molar refractivity (Wildman–Crippen MR) is 225 cm³/mol. The van der Waals surface area contributed by atoms with Crippen molar-refractivity contribution in [2.75, 3.05) is 27.3 Å². The van der Waals surface area contributed by atoms with Crippen molar-refractivity contribution < 1.29 is 9.47 Å². The fraction of sp³-hybridized carbons (Fsp3) is 0.244. The molecule has 4 heterocycles. The van der Waals surface area contributed by atoms with Gasteiger partial charge in [0, 0.05) is 70.9 Å². The number of hydrogen-bond acceptors (Lipinski definition) is 6. The van der Waals surface area contributed by atoms with Crippen LogP contribution < -0.4 is 20.1 Å². The van der Waals surface area contributed by atoms with E-state index >= 15 is 0 Å². The predicted octanol–water partition coefficient (Wildman–Crippen LogP) is 9.59. The Balaban J connectivity index is 0.00000450. The van der Waals surface area contributed by atoms with Gasteiger partial charge in [0.05, 0.1) is 48.0 Å². The van der Waals surface area contributed by atoms with Gasteiger partial charge in [0.25, 0.3) is 0 Å². The van der Waals surface area contributed by atoms with Gasteiger partial charge in [-0.1, -0.05) is 42.8 Å². The SMILES string of the molecule is COc1ccc(-c2nc(CNCCCCCNCc3cc4c5ccccc5n(C)c4c(-c4ccc(OC)cc4)n3)cc3c4ccccc4n(C)c23)cc1.Cl. The molecule has 0 fully saturated rings. The molecule has 8 aromatic rings. The fourth-order valence-electron chi connectivity index (χ4n) is 7.69. The van der Waals surface area contributed by atoms with Crippen LogP contribution in [0, 0.1) is 0 Å². The van der Waals surface area contributed by atoms with E-state index in [-0.39, 0.29) is 12.4 Å². The largest absolute Gasteiger partial charge is 0.497 e. The molecule has 0 amide bonds. The molecule has 0 radical (unpaired) electrons. The molecule has 8 rings (SSSR count). The maximum absolute atomic E-state index is 5.42. The number of para-hydroxylation sites is 2. The van der Waals surface area contributed by atoms with Crippen molar-refractivity contribution in [3.63, 3.8) is 0 Å². The molecule has 0 bridgehead atoms. The summed E-state index contributed by atoms with van der Waals surface area (Å²) in [6.07, 6.45) is 3.34. The molecule has 0 spiro atoms. The van der Waals surface area contributed by atoms with Gasteiger partial charge < -0.3 is 29.2 Å². The zero-order chi connectivity index (χ0) is 36.3. The van der Waals surface area contributed by atoms with Crippen molar-refractivity contribution in [2.24, 2.45) is 14.1 Å². The minimum atomic E-state index is 0. The second-order valence-corrected chi connectivity index (χ2v) is 13.7. The van der Waals surface area contributed by atoms with E-state index in [2.05, 4.69) is 119 Å². The molecule has 0 aliphatic rings. The monoisotopic (exact) mass is 738 g/mol. The molecule has 54 heavy (non-hydrogen) atoms. The number of fused-ring (bicyclic) bond motifs is 6. The first-order valence-corrected chi connectivity index (χ1v) is 18.5. The number of pyridine rings is 2. The average molecular weight is 739 g/mol. The second kappa shape index (κ2) is 16.3. The van der Waals surface area contributed by atoms with E-state index in [1.54, 1.807) is 14.2 Å². The van der Waals surface area contributed by atoms with Gasteiger partial charge in [0.1, 0.15) is 11.5 Å². The molecule has 0 saturated carbocycles. The van der Waals surface area contributed by atoms with E-state index in [1.165, 1.54) is 32.6 Å². The molecule has 0 aliphatic carbocycles. The first kappa shape index (κ1) is 36.9. The quantitative estimate of drug-likeness (QED) is 0.108. The third-order valence-corrected chi connectivity index (χ3v) is 10.4. The summed E-state index contributed by atoms with van der Waals surface area (Å²) in [5.74, 6) is 1.68. The first-order chi connectivity index (χ1) is 26.0. The zero-order valence-corrected chi connectivity index (χ0v) is 32.2. The average Bonchev–Trinajstić information content (AvgIpc) is 3.66. The summed E-state index contributed by atoms with van der Waals surface area (Å²) in [6.45, 7) is 3.33. The maximum Gasteiger partial charge on any atom is 0.118 e. The lowest BCUT2D eigenvalue weighted by Gasteiger charge is -2.12. The number of methoxy groups -OCH3 is 2. The van der Waals surface area contributed by atoms with Crippen LogP contribution >= 0.6 is 12.4 Å². The van der Waals surface area contributed by atoms with Gasteiger partial charge in [-0.15, -0.1) is 12.4 Å². The summed E-state index contributed by atoms with van der Waals surface area (Å²) >= 11 is 0. The number of hydrogen-bond donors (Lipinski definition) is 2. The summed E-state index contributed by atoms with van der Waals surface area (Å²) in [5, 5.41) is 12.3. The molecular weight excluding hydrogens is 692 g/mol. The van der Waals surface area contributed by atoms with E-state index in [4.69, 9.17) is 19.4 Å². The van der Waals surface area contributed by atoms with Crippen molar-refractivity contribution >= 4 is 56.0 Å². The Morgan fingerprint density at radius 1 is 0.519 bits per heavy atom. The summed E-state index contributed by atoms with van der Waals surface area (Å²) in [7, 11) is 7.66. The van der Waals surface area contributed by atoms with Crippen LogP contribution in [0.2, 0.25) is 0 Å². The molecule has 8 nitrogen and oxygen atoms in total. The van der Waals surface area contributed by atoms with Crippen molar-refractivity contribution in [3.05, 3.63) is 121 Å². The minimum Gasteiger partial charge on any atom is -0.497 e. The van der Waals surface area contributed by atoms with Crippen LogP contribution in [0.5, 0.6) is 11.5 Å². The summed E-state index contributed by atoms with van der Waals surface area (Å²) in [6, 6.07) is 38.1. The Morgan fingerprint density at radius 2 is 0.926 bits per heavy atom. The van der Waals surface area contributed by atoms with Gasteiger partial charge in [0.15, 0.2) is 0 Å². The number of benzene rings is 4. The van der Waals surface area contributed by atoms with Crippen molar-refractivity contribution in [1.82, 2.24) is 29.7 Å². The summed E-state index contributed by atoms with van der Waals surface area (Å²) in [5.41, 5.74) is 11.0. The van der Waals surface area contributed by atoms with E-state index in [0.717, 1.165) is 102 Å². The number of unbranched alkanes of at least 4 members (excludes halogenated alkanes) is 2. The second-order valence-electron chi connectivity index (χ2n) is 13.7. The van der Waals surface area contributed by atoms with E-state index < -0.39 is 0 Å². The minimum absolute atomic E-state index is 0. The number of rotatable bonds is 14. The first-order valence-electron chi connectivity index (χ1n) is 18.5. The topological polar surface area (TPSA) is 78.2 Å². The molecule has 0 atom stereocenters. The molecule has 276 valence electrons. The van der Waals surface area contributed by atoms with Gasteiger partial charge in [-0.05, 0) is 98.7 Å².